The van der Waals surface area contributed by atoms with Crippen molar-refractivity contribution in [3.8, 4) is 0 Å². The monoisotopic (exact) mass is 152 g/mol. The summed E-state index contributed by atoms with van der Waals surface area (Å²) >= 11 is 2.14. The minimum absolute atomic E-state index is 0.875. The highest BCUT2D eigenvalue weighted by molar-refractivity contribution is 8.00. The van der Waals surface area contributed by atoms with Crippen LogP contribution < -0.4 is 0 Å². The van der Waals surface area contributed by atoms with Crippen molar-refractivity contribution in [3.05, 3.63) is 24.3 Å². The maximum absolute atomic E-state index is 2.37. The Hall–Kier alpha value is -0.170. The first-order valence-corrected chi connectivity index (χ1v) is 4.96. The number of fused-ring (bicyclic) bond motifs is 1. The lowest BCUT2D eigenvalue weighted by Gasteiger charge is -2.10. The highest BCUT2D eigenvalue weighted by atomic mass is 32.2. The second-order valence-electron chi connectivity index (χ2n) is 2.91. The molecule has 0 aromatic heterocycles. The van der Waals surface area contributed by atoms with Crippen LogP contribution in [0.25, 0.3) is 0 Å². The molecule has 2 unspecified atom stereocenters. The van der Waals surface area contributed by atoms with Crippen LogP contribution in [0.5, 0.6) is 0 Å². The predicted octanol–water partition coefficient (Wildman–Crippen LogP) is 2.62. The van der Waals surface area contributed by atoms with Gasteiger partial charge in [0.05, 0.1) is 0 Å². The Bertz CT molecular complexity index is 170. The molecule has 0 aromatic rings. The van der Waals surface area contributed by atoms with E-state index in [1.54, 1.807) is 0 Å². The molecule has 0 nitrogen and oxygen atoms in total. The van der Waals surface area contributed by atoms with Crippen molar-refractivity contribution in [2.24, 2.45) is 5.92 Å². The summed E-state index contributed by atoms with van der Waals surface area (Å²) in [5.74, 6) is 2.24. The standard InChI is InChI=1S/C9H12S/c1-2-4-8-6-7-10-9(8)5-3-1/h1-4,8-9H,5-7H2. The molecular weight excluding hydrogens is 140 g/mol. The summed E-state index contributed by atoms with van der Waals surface area (Å²) in [4.78, 5) is 0. The van der Waals surface area contributed by atoms with Crippen LogP contribution in [-0.2, 0) is 0 Å². The zero-order valence-electron chi connectivity index (χ0n) is 5.99. The van der Waals surface area contributed by atoms with Gasteiger partial charge in [0.1, 0.15) is 0 Å². The molecule has 2 aliphatic rings. The molecule has 10 heavy (non-hydrogen) atoms. The van der Waals surface area contributed by atoms with Crippen molar-refractivity contribution in [2.75, 3.05) is 5.75 Å². The third-order valence-corrected chi connectivity index (χ3v) is 3.68. The molecule has 1 aliphatic heterocycles. The molecule has 0 N–H and O–H groups in total. The van der Waals surface area contributed by atoms with Gasteiger partial charge in [-0.15, -0.1) is 0 Å². The van der Waals surface area contributed by atoms with Crippen LogP contribution in [-0.4, -0.2) is 11.0 Å². The fourth-order valence-electron chi connectivity index (χ4n) is 1.63. The zero-order chi connectivity index (χ0) is 6.81. The van der Waals surface area contributed by atoms with Gasteiger partial charge >= 0.3 is 0 Å². The first kappa shape index (κ1) is 6.53. The summed E-state index contributed by atoms with van der Waals surface area (Å²) in [6.07, 6.45) is 11.7. The van der Waals surface area contributed by atoms with Crippen molar-refractivity contribution in [1.82, 2.24) is 0 Å². The fraction of sp³-hybridized carbons (Fsp3) is 0.556. The second kappa shape index (κ2) is 2.83. The number of thioether (sulfide) groups is 1. The number of hydrogen-bond acceptors (Lipinski definition) is 1. The van der Waals surface area contributed by atoms with Gasteiger partial charge in [-0.1, -0.05) is 24.3 Å². The summed E-state index contributed by atoms with van der Waals surface area (Å²) in [5, 5.41) is 0.898. The molecule has 2 rings (SSSR count). The minimum Gasteiger partial charge on any atom is -0.158 e. The Morgan fingerprint density at radius 2 is 2.30 bits per heavy atom. The fourth-order valence-corrected chi connectivity index (χ4v) is 3.06. The second-order valence-corrected chi connectivity index (χ2v) is 4.26. The Balaban J connectivity index is 2.12. The molecule has 2 atom stereocenters. The molecule has 0 aromatic carbocycles. The molecule has 0 amide bonds. The maximum Gasteiger partial charge on any atom is 0.0145 e. The van der Waals surface area contributed by atoms with Crippen LogP contribution in [0.3, 0.4) is 0 Å². The van der Waals surface area contributed by atoms with Gasteiger partial charge in [0.2, 0.25) is 0 Å². The minimum atomic E-state index is 0.875. The zero-order valence-corrected chi connectivity index (χ0v) is 6.81. The maximum atomic E-state index is 2.37. The van der Waals surface area contributed by atoms with Crippen LogP contribution in [0, 0.1) is 5.92 Å². The number of allylic oxidation sites excluding steroid dienone is 4. The van der Waals surface area contributed by atoms with Crippen molar-refractivity contribution < 1.29 is 0 Å². The van der Waals surface area contributed by atoms with Crippen molar-refractivity contribution >= 4 is 11.8 Å². The van der Waals surface area contributed by atoms with Crippen molar-refractivity contribution in [2.45, 2.75) is 18.1 Å². The van der Waals surface area contributed by atoms with Gasteiger partial charge in [-0.05, 0) is 24.5 Å². The van der Waals surface area contributed by atoms with Crippen molar-refractivity contribution in [3.63, 3.8) is 0 Å². The smallest absolute Gasteiger partial charge is 0.0145 e. The molecule has 0 bridgehead atoms. The molecule has 0 radical (unpaired) electrons. The molecule has 1 fully saturated rings. The SMILES string of the molecule is C1=CCC2SCCC2C=C1. The van der Waals surface area contributed by atoms with E-state index in [9.17, 15) is 0 Å². The van der Waals surface area contributed by atoms with E-state index < -0.39 is 0 Å². The third-order valence-electron chi connectivity index (χ3n) is 2.23. The summed E-state index contributed by atoms with van der Waals surface area (Å²) in [6.45, 7) is 0. The van der Waals surface area contributed by atoms with Gasteiger partial charge in [0.25, 0.3) is 0 Å². The Kier molecular flexibility index (Phi) is 1.85. The van der Waals surface area contributed by atoms with Gasteiger partial charge in [-0.2, -0.15) is 11.8 Å². The van der Waals surface area contributed by atoms with Crippen molar-refractivity contribution in [1.29, 1.82) is 0 Å². The van der Waals surface area contributed by atoms with E-state index >= 15 is 0 Å². The van der Waals surface area contributed by atoms with Crippen LogP contribution in [0.2, 0.25) is 0 Å². The Morgan fingerprint density at radius 3 is 3.30 bits per heavy atom. The highest BCUT2D eigenvalue weighted by Crippen LogP contribution is 2.36. The molecule has 1 saturated heterocycles. The largest absolute Gasteiger partial charge is 0.158 e. The first-order valence-electron chi connectivity index (χ1n) is 3.92. The summed E-state index contributed by atoms with van der Waals surface area (Å²) in [5.41, 5.74) is 0. The van der Waals surface area contributed by atoms with E-state index in [0.29, 0.717) is 0 Å². The summed E-state index contributed by atoms with van der Waals surface area (Å²) < 4.78 is 0. The van der Waals surface area contributed by atoms with Crippen LogP contribution in [0.15, 0.2) is 24.3 Å². The van der Waals surface area contributed by atoms with E-state index in [1.165, 1.54) is 18.6 Å². The average Bonchev–Trinajstić information content (AvgIpc) is 2.28. The number of hydrogen-bond donors (Lipinski definition) is 0. The molecule has 0 spiro atoms. The van der Waals surface area contributed by atoms with Gasteiger partial charge in [-0.25, -0.2) is 0 Å². The summed E-state index contributed by atoms with van der Waals surface area (Å²) in [7, 11) is 0. The van der Waals surface area contributed by atoms with E-state index in [-0.39, 0.29) is 0 Å². The first-order chi connectivity index (χ1) is 4.97. The van der Waals surface area contributed by atoms with Gasteiger partial charge in [0.15, 0.2) is 0 Å². The lowest BCUT2D eigenvalue weighted by molar-refractivity contribution is 0.633. The third kappa shape index (κ3) is 1.15. The van der Waals surface area contributed by atoms with Crippen LogP contribution >= 0.6 is 11.8 Å². The molecule has 54 valence electrons. The Labute approximate surface area is 66.4 Å². The normalized spacial score (nSPS) is 37.6. The molecule has 1 heterocycles. The van der Waals surface area contributed by atoms with Crippen LogP contribution in [0.1, 0.15) is 12.8 Å². The van der Waals surface area contributed by atoms with E-state index in [1.807, 2.05) is 0 Å². The van der Waals surface area contributed by atoms with E-state index in [4.69, 9.17) is 0 Å². The van der Waals surface area contributed by atoms with Gasteiger partial charge in [0, 0.05) is 5.25 Å². The average molecular weight is 152 g/mol. The predicted molar refractivity (Wildman–Crippen MR) is 47.3 cm³/mol. The molecule has 1 aliphatic carbocycles. The Morgan fingerprint density at radius 1 is 1.30 bits per heavy atom. The lowest BCUT2D eigenvalue weighted by Crippen LogP contribution is -2.06. The van der Waals surface area contributed by atoms with E-state index in [2.05, 4.69) is 36.1 Å². The quantitative estimate of drug-likeness (QED) is 0.514. The van der Waals surface area contributed by atoms with E-state index in [0.717, 1.165) is 11.2 Å². The number of rotatable bonds is 0. The van der Waals surface area contributed by atoms with Crippen LogP contribution in [0.4, 0.5) is 0 Å². The molecular formula is C9H12S. The molecule has 0 saturated carbocycles. The van der Waals surface area contributed by atoms with Gasteiger partial charge < -0.3 is 0 Å². The molecule has 1 heteroatoms. The lowest BCUT2D eigenvalue weighted by atomic mass is 10.0. The van der Waals surface area contributed by atoms with Gasteiger partial charge in [-0.3, -0.25) is 0 Å². The summed E-state index contributed by atoms with van der Waals surface area (Å²) in [6, 6.07) is 0. The topological polar surface area (TPSA) is 0 Å². The highest BCUT2D eigenvalue weighted by Gasteiger charge is 2.24.